The summed E-state index contributed by atoms with van der Waals surface area (Å²) in [5.41, 5.74) is 0.0309. The van der Waals surface area contributed by atoms with E-state index in [1.165, 1.54) is 25.3 Å². The number of morpholine rings is 1. The van der Waals surface area contributed by atoms with E-state index in [-0.39, 0.29) is 17.9 Å². The predicted molar refractivity (Wildman–Crippen MR) is 99.3 cm³/mol. The van der Waals surface area contributed by atoms with Crippen LogP contribution in [0.25, 0.3) is 0 Å². The van der Waals surface area contributed by atoms with E-state index in [0.717, 1.165) is 0 Å². The quantitative estimate of drug-likeness (QED) is 0.717. The number of methoxy groups -OCH3 is 1. The van der Waals surface area contributed by atoms with Crippen molar-refractivity contribution < 1.29 is 28.9 Å². The summed E-state index contributed by atoms with van der Waals surface area (Å²) in [5.74, 6) is -1.32. The van der Waals surface area contributed by atoms with Gasteiger partial charge >= 0.3 is 5.97 Å². The Morgan fingerprint density at radius 1 is 1.21 bits per heavy atom. The average molecular weight is 389 g/mol. The molecule has 1 aliphatic heterocycles. The van der Waals surface area contributed by atoms with Gasteiger partial charge in [0.2, 0.25) is 11.2 Å². The summed E-state index contributed by atoms with van der Waals surface area (Å²) in [6, 6.07) is 7.41. The number of benzene rings is 1. The third-order valence-electron chi connectivity index (χ3n) is 4.69. The molecule has 28 heavy (non-hydrogen) atoms. The van der Waals surface area contributed by atoms with E-state index in [2.05, 4.69) is 4.90 Å². The second-order valence-electron chi connectivity index (χ2n) is 6.60. The Morgan fingerprint density at radius 3 is 2.54 bits per heavy atom. The van der Waals surface area contributed by atoms with Crippen LogP contribution in [0, 0.1) is 0 Å². The number of phenolic OH excluding ortho intramolecular Hbond substituents is 1. The highest BCUT2D eigenvalue weighted by Crippen LogP contribution is 2.34. The van der Waals surface area contributed by atoms with E-state index in [9.17, 15) is 19.8 Å². The van der Waals surface area contributed by atoms with Gasteiger partial charge in [-0.15, -0.1) is 0 Å². The van der Waals surface area contributed by atoms with Gasteiger partial charge in [0.1, 0.15) is 11.5 Å². The zero-order chi connectivity index (χ0) is 20.1. The molecule has 0 saturated carbocycles. The molecule has 2 heterocycles. The summed E-state index contributed by atoms with van der Waals surface area (Å²) in [7, 11) is 1.26. The normalized spacial score (nSPS) is 15.9. The molecule has 1 aromatic heterocycles. The Balaban J connectivity index is 1.98. The zero-order valence-corrected chi connectivity index (χ0v) is 15.6. The minimum atomic E-state index is -0.731. The van der Waals surface area contributed by atoms with Crippen molar-refractivity contribution in [2.45, 2.75) is 18.9 Å². The largest absolute Gasteiger partial charge is 0.508 e. The Hall–Kier alpha value is -2.84. The second-order valence-corrected chi connectivity index (χ2v) is 6.60. The lowest BCUT2D eigenvalue weighted by Crippen LogP contribution is -2.35. The fourth-order valence-corrected chi connectivity index (χ4v) is 3.17. The van der Waals surface area contributed by atoms with Crippen molar-refractivity contribution in [3.05, 3.63) is 57.6 Å². The maximum Gasteiger partial charge on any atom is 0.306 e. The first-order valence-corrected chi connectivity index (χ1v) is 8.99. The molecule has 0 bridgehead atoms. The summed E-state index contributed by atoms with van der Waals surface area (Å²) in [6.45, 7) is 3.03. The van der Waals surface area contributed by atoms with Gasteiger partial charge < -0.3 is 24.1 Å². The SMILES string of the molecule is COC(=O)C[C@H](c1ccc(O)cc1)c1oc(CN2CCOCC2)cc(=O)c1O. The van der Waals surface area contributed by atoms with Gasteiger partial charge in [-0.25, -0.2) is 0 Å². The number of aromatic hydroxyl groups is 2. The molecule has 8 heteroatoms. The highest BCUT2D eigenvalue weighted by Gasteiger charge is 2.27. The number of hydrogen-bond acceptors (Lipinski definition) is 8. The Kier molecular flexibility index (Phi) is 6.33. The standard InChI is InChI=1S/C20H23NO7/c1-26-18(24)11-16(13-2-4-14(22)5-3-13)20-19(25)17(23)10-15(28-20)12-21-6-8-27-9-7-21/h2-5,10,16,22,25H,6-9,11-12H2,1H3/t16-/m1/s1. The molecular weight excluding hydrogens is 366 g/mol. The van der Waals surface area contributed by atoms with Crippen molar-refractivity contribution in [1.29, 1.82) is 0 Å². The highest BCUT2D eigenvalue weighted by molar-refractivity contribution is 5.71. The van der Waals surface area contributed by atoms with Crippen LogP contribution >= 0.6 is 0 Å². The third-order valence-corrected chi connectivity index (χ3v) is 4.69. The number of carbonyl (C=O) groups excluding carboxylic acids is 1. The van der Waals surface area contributed by atoms with Crippen molar-refractivity contribution in [2.24, 2.45) is 0 Å². The smallest absolute Gasteiger partial charge is 0.306 e. The lowest BCUT2D eigenvalue weighted by Gasteiger charge is -2.26. The van der Waals surface area contributed by atoms with Gasteiger partial charge in [0.25, 0.3) is 0 Å². The first kappa shape index (κ1) is 19.9. The van der Waals surface area contributed by atoms with Gasteiger partial charge in [-0.3, -0.25) is 14.5 Å². The van der Waals surface area contributed by atoms with Gasteiger partial charge in [0.15, 0.2) is 5.76 Å². The molecule has 8 nitrogen and oxygen atoms in total. The van der Waals surface area contributed by atoms with E-state index < -0.39 is 23.1 Å². The van der Waals surface area contributed by atoms with E-state index >= 15 is 0 Å². The topological polar surface area (TPSA) is 109 Å². The average Bonchev–Trinajstić information content (AvgIpc) is 2.70. The van der Waals surface area contributed by atoms with E-state index in [1.807, 2.05) is 0 Å². The van der Waals surface area contributed by atoms with Gasteiger partial charge in [-0.1, -0.05) is 12.1 Å². The summed E-state index contributed by atoms with van der Waals surface area (Å²) in [5, 5.41) is 19.9. The van der Waals surface area contributed by atoms with Crippen LogP contribution < -0.4 is 5.43 Å². The molecule has 2 N–H and O–H groups in total. The van der Waals surface area contributed by atoms with E-state index in [4.69, 9.17) is 13.9 Å². The minimum absolute atomic E-state index is 0.00634. The molecule has 3 rings (SSSR count). The van der Waals surface area contributed by atoms with Crippen LogP contribution in [0.1, 0.15) is 29.4 Å². The Labute approximate surface area is 161 Å². The van der Waals surface area contributed by atoms with Crippen LogP contribution in [0.2, 0.25) is 0 Å². The predicted octanol–water partition coefficient (Wildman–Crippen LogP) is 1.58. The second kappa shape index (κ2) is 8.90. The molecule has 1 saturated heterocycles. The molecule has 150 valence electrons. The number of hydrogen-bond donors (Lipinski definition) is 2. The van der Waals surface area contributed by atoms with Gasteiger partial charge in [0.05, 0.1) is 39.2 Å². The molecule has 0 radical (unpaired) electrons. The number of nitrogens with zero attached hydrogens (tertiary/aromatic N) is 1. The van der Waals surface area contributed by atoms with Crippen molar-refractivity contribution in [3.63, 3.8) is 0 Å². The van der Waals surface area contributed by atoms with Crippen LogP contribution in [0.4, 0.5) is 0 Å². The first-order valence-electron chi connectivity index (χ1n) is 8.99. The molecule has 0 aliphatic carbocycles. The van der Waals surface area contributed by atoms with E-state index in [1.54, 1.807) is 12.1 Å². The van der Waals surface area contributed by atoms with E-state index in [0.29, 0.717) is 44.2 Å². The lowest BCUT2D eigenvalue weighted by atomic mass is 9.92. The van der Waals surface area contributed by atoms with Gasteiger partial charge in [-0.2, -0.15) is 0 Å². The van der Waals surface area contributed by atoms with Crippen LogP contribution in [0.3, 0.4) is 0 Å². The molecular formula is C20H23NO7. The zero-order valence-electron chi connectivity index (χ0n) is 15.6. The molecule has 2 aromatic rings. The fraction of sp³-hybridized carbons (Fsp3) is 0.400. The van der Waals surface area contributed by atoms with Crippen molar-refractivity contribution in [1.82, 2.24) is 4.90 Å². The number of phenols is 1. The van der Waals surface area contributed by atoms with Gasteiger partial charge in [0, 0.05) is 19.2 Å². The van der Waals surface area contributed by atoms with Crippen LogP contribution in [-0.4, -0.2) is 54.5 Å². The molecule has 1 atom stereocenters. The summed E-state index contributed by atoms with van der Waals surface area (Å²) in [6.07, 6.45) is -0.126. The van der Waals surface area contributed by atoms with Crippen LogP contribution in [0.5, 0.6) is 11.5 Å². The Bertz CT molecular complexity index is 869. The molecule has 0 amide bonds. The number of ether oxygens (including phenoxy) is 2. The Morgan fingerprint density at radius 2 is 1.89 bits per heavy atom. The first-order chi connectivity index (χ1) is 13.5. The lowest BCUT2D eigenvalue weighted by molar-refractivity contribution is -0.140. The monoisotopic (exact) mass is 389 g/mol. The van der Waals surface area contributed by atoms with Crippen LogP contribution in [-0.2, 0) is 20.8 Å². The van der Waals surface area contributed by atoms with Crippen molar-refractivity contribution >= 4 is 5.97 Å². The number of carbonyl (C=O) groups is 1. The molecule has 1 fully saturated rings. The maximum absolute atomic E-state index is 12.3. The number of esters is 1. The summed E-state index contributed by atoms with van der Waals surface area (Å²) in [4.78, 5) is 26.4. The highest BCUT2D eigenvalue weighted by atomic mass is 16.5. The third kappa shape index (κ3) is 4.71. The molecule has 1 aromatic carbocycles. The fourth-order valence-electron chi connectivity index (χ4n) is 3.17. The van der Waals surface area contributed by atoms with Crippen molar-refractivity contribution in [2.75, 3.05) is 33.4 Å². The summed E-state index contributed by atoms with van der Waals surface area (Å²) < 4.78 is 16.0. The molecule has 0 unspecified atom stereocenters. The van der Waals surface area contributed by atoms with Gasteiger partial charge in [-0.05, 0) is 17.7 Å². The summed E-state index contributed by atoms with van der Waals surface area (Å²) >= 11 is 0. The number of rotatable bonds is 6. The molecule has 1 aliphatic rings. The maximum atomic E-state index is 12.3. The van der Waals surface area contributed by atoms with Crippen LogP contribution in [0.15, 0.2) is 39.5 Å². The van der Waals surface area contributed by atoms with Crippen molar-refractivity contribution in [3.8, 4) is 11.5 Å². The molecule has 0 spiro atoms. The minimum Gasteiger partial charge on any atom is -0.508 e.